The highest BCUT2D eigenvalue weighted by Gasteiger charge is 2.33. The fourth-order valence-electron chi connectivity index (χ4n) is 2.26. The molecular weight excluding hydrogens is 313 g/mol. The Morgan fingerprint density at radius 1 is 1.57 bits per heavy atom. The van der Waals surface area contributed by atoms with E-state index in [1.807, 2.05) is 6.07 Å². The molecular formula is C14H19Cl2N3O2. The van der Waals surface area contributed by atoms with Crippen LogP contribution in [-0.4, -0.2) is 30.4 Å². The van der Waals surface area contributed by atoms with Crippen molar-refractivity contribution in [2.45, 2.75) is 31.8 Å². The van der Waals surface area contributed by atoms with Crippen molar-refractivity contribution in [3.63, 3.8) is 0 Å². The Kier molecular flexibility index (Phi) is 6.45. The molecule has 0 bridgehead atoms. The first kappa shape index (κ1) is 17.8. The molecule has 1 aliphatic rings. The van der Waals surface area contributed by atoms with E-state index in [9.17, 15) is 9.59 Å². The second-order valence-electron chi connectivity index (χ2n) is 5.06. The summed E-state index contributed by atoms with van der Waals surface area (Å²) in [4.78, 5) is 25.6. The number of amides is 2. The van der Waals surface area contributed by atoms with Gasteiger partial charge in [-0.3, -0.25) is 9.59 Å². The molecule has 2 atom stereocenters. The maximum Gasteiger partial charge on any atom is 0.249 e. The van der Waals surface area contributed by atoms with Gasteiger partial charge in [-0.05, 0) is 31.5 Å². The molecule has 2 unspecified atom stereocenters. The highest BCUT2D eigenvalue weighted by Crippen LogP contribution is 2.24. The number of nitrogens with zero attached hydrogens (tertiary/aromatic N) is 1. The number of hydrogen-bond acceptors (Lipinski definition) is 3. The first-order chi connectivity index (χ1) is 9.47. The SMILES string of the molecule is CC(N)CC(=O)NC1CCN(c2cccc(Cl)c2)C1=O.Cl. The van der Waals surface area contributed by atoms with Gasteiger partial charge in [-0.25, -0.2) is 0 Å². The highest BCUT2D eigenvalue weighted by atomic mass is 35.5. The van der Waals surface area contributed by atoms with Crippen LogP contribution in [0.15, 0.2) is 24.3 Å². The summed E-state index contributed by atoms with van der Waals surface area (Å²) >= 11 is 5.93. The summed E-state index contributed by atoms with van der Waals surface area (Å²) in [5.41, 5.74) is 6.32. The molecule has 2 amide bonds. The summed E-state index contributed by atoms with van der Waals surface area (Å²) in [6, 6.07) is 6.44. The minimum atomic E-state index is -0.472. The van der Waals surface area contributed by atoms with Crippen LogP contribution in [0.2, 0.25) is 5.02 Å². The smallest absolute Gasteiger partial charge is 0.249 e. The van der Waals surface area contributed by atoms with Crippen LogP contribution in [0.4, 0.5) is 5.69 Å². The summed E-state index contributed by atoms with van der Waals surface area (Å²) in [7, 11) is 0. The van der Waals surface area contributed by atoms with Gasteiger partial charge < -0.3 is 16.0 Å². The van der Waals surface area contributed by atoms with Crippen molar-refractivity contribution in [3.8, 4) is 0 Å². The molecule has 0 saturated carbocycles. The van der Waals surface area contributed by atoms with Gasteiger partial charge in [-0.1, -0.05) is 17.7 Å². The van der Waals surface area contributed by atoms with Crippen molar-refractivity contribution in [1.82, 2.24) is 5.32 Å². The molecule has 1 aromatic carbocycles. The van der Waals surface area contributed by atoms with Crippen molar-refractivity contribution in [1.29, 1.82) is 0 Å². The summed E-state index contributed by atoms with van der Waals surface area (Å²) in [6.45, 7) is 2.33. The lowest BCUT2D eigenvalue weighted by Gasteiger charge is -2.17. The largest absolute Gasteiger partial charge is 0.344 e. The highest BCUT2D eigenvalue weighted by molar-refractivity contribution is 6.31. The van der Waals surface area contributed by atoms with E-state index in [1.165, 1.54) is 0 Å². The summed E-state index contributed by atoms with van der Waals surface area (Å²) in [5, 5.41) is 3.31. The van der Waals surface area contributed by atoms with E-state index in [4.69, 9.17) is 17.3 Å². The number of rotatable bonds is 4. The maximum atomic E-state index is 12.3. The van der Waals surface area contributed by atoms with Crippen molar-refractivity contribution in [2.75, 3.05) is 11.4 Å². The van der Waals surface area contributed by atoms with Gasteiger partial charge in [0.15, 0.2) is 0 Å². The molecule has 2 rings (SSSR count). The monoisotopic (exact) mass is 331 g/mol. The molecule has 116 valence electrons. The number of carbonyl (C=O) groups is 2. The normalized spacial score (nSPS) is 19.1. The van der Waals surface area contributed by atoms with Gasteiger partial charge in [0, 0.05) is 29.7 Å². The maximum absolute atomic E-state index is 12.3. The van der Waals surface area contributed by atoms with E-state index in [2.05, 4.69) is 5.32 Å². The third kappa shape index (κ3) is 4.59. The minimum Gasteiger partial charge on any atom is -0.344 e. The van der Waals surface area contributed by atoms with Crippen LogP contribution in [0.5, 0.6) is 0 Å². The number of anilines is 1. The van der Waals surface area contributed by atoms with Crippen molar-refractivity contribution < 1.29 is 9.59 Å². The van der Waals surface area contributed by atoms with Crippen LogP contribution in [0, 0.1) is 0 Å². The van der Waals surface area contributed by atoms with Crippen LogP contribution in [-0.2, 0) is 9.59 Å². The molecule has 7 heteroatoms. The van der Waals surface area contributed by atoms with E-state index >= 15 is 0 Å². The van der Waals surface area contributed by atoms with Crippen molar-refractivity contribution in [3.05, 3.63) is 29.3 Å². The zero-order valence-corrected chi connectivity index (χ0v) is 13.3. The Balaban J connectivity index is 0.00000220. The lowest BCUT2D eigenvalue weighted by Crippen LogP contribution is -2.42. The molecule has 21 heavy (non-hydrogen) atoms. The Labute approximate surface area is 135 Å². The van der Waals surface area contributed by atoms with Gasteiger partial charge in [-0.15, -0.1) is 12.4 Å². The van der Waals surface area contributed by atoms with Gasteiger partial charge in [0.2, 0.25) is 11.8 Å². The minimum absolute atomic E-state index is 0. The fourth-order valence-corrected chi connectivity index (χ4v) is 2.44. The molecule has 1 heterocycles. The van der Waals surface area contributed by atoms with E-state index in [0.717, 1.165) is 5.69 Å². The van der Waals surface area contributed by atoms with Gasteiger partial charge in [0.05, 0.1) is 0 Å². The van der Waals surface area contributed by atoms with Crippen LogP contribution in [0.1, 0.15) is 19.8 Å². The first-order valence-corrected chi connectivity index (χ1v) is 6.97. The number of hydrogen-bond donors (Lipinski definition) is 2. The molecule has 0 radical (unpaired) electrons. The number of halogens is 2. The standard InChI is InChI=1S/C14H18ClN3O2.ClH/c1-9(16)7-13(19)17-12-5-6-18(14(12)20)11-4-2-3-10(15)8-11;/h2-4,8-9,12H,5-7,16H2,1H3,(H,17,19);1H. The van der Waals surface area contributed by atoms with Crippen LogP contribution in [0.3, 0.4) is 0 Å². The average Bonchev–Trinajstić information content (AvgIpc) is 2.70. The lowest BCUT2D eigenvalue weighted by atomic mass is 10.2. The second kappa shape index (κ2) is 7.64. The van der Waals surface area contributed by atoms with Gasteiger partial charge >= 0.3 is 0 Å². The van der Waals surface area contributed by atoms with Crippen molar-refractivity contribution >= 4 is 41.5 Å². The number of nitrogens with two attached hydrogens (primary N) is 1. The van der Waals surface area contributed by atoms with Gasteiger partial charge in [0.25, 0.3) is 0 Å². The molecule has 0 aromatic heterocycles. The molecule has 1 fully saturated rings. The quantitative estimate of drug-likeness (QED) is 0.882. The van der Waals surface area contributed by atoms with E-state index in [1.54, 1.807) is 30.0 Å². The zero-order valence-electron chi connectivity index (χ0n) is 11.7. The second-order valence-corrected chi connectivity index (χ2v) is 5.50. The number of carbonyl (C=O) groups excluding carboxylic acids is 2. The number of benzene rings is 1. The first-order valence-electron chi connectivity index (χ1n) is 6.59. The number of nitrogens with one attached hydrogen (secondary N) is 1. The zero-order chi connectivity index (χ0) is 14.7. The summed E-state index contributed by atoms with van der Waals surface area (Å²) < 4.78 is 0. The predicted octanol–water partition coefficient (Wildman–Crippen LogP) is 1.72. The Bertz CT molecular complexity index is 523. The molecule has 1 saturated heterocycles. The van der Waals surface area contributed by atoms with E-state index < -0.39 is 6.04 Å². The molecule has 0 spiro atoms. The summed E-state index contributed by atoms with van der Waals surface area (Å²) in [5.74, 6) is -0.295. The molecule has 1 aromatic rings. The fraction of sp³-hybridized carbons (Fsp3) is 0.429. The predicted molar refractivity (Wildman–Crippen MR) is 85.9 cm³/mol. The third-order valence-corrected chi connectivity index (χ3v) is 3.40. The third-order valence-electron chi connectivity index (χ3n) is 3.17. The molecule has 3 N–H and O–H groups in total. The summed E-state index contributed by atoms with van der Waals surface area (Å²) in [6.07, 6.45) is 0.816. The molecule has 1 aliphatic heterocycles. The van der Waals surface area contributed by atoms with Gasteiger partial charge in [-0.2, -0.15) is 0 Å². The van der Waals surface area contributed by atoms with Crippen molar-refractivity contribution in [2.24, 2.45) is 5.73 Å². The topological polar surface area (TPSA) is 75.4 Å². The van der Waals surface area contributed by atoms with Crippen LogP contribution >= 0.6 is 24.0 Å². The van der Waals surface area contributed by atoms with Crippen LogP contribution < -0.4 is 16.0 Å². The Hall–Kier alpha value is -1.30. The Morgan fingerprint density at radius 3 is 2.90 bits per heavy atom. The average molecular weight is 332 g/mol. The molecule has 0 aliphatic carbocycles. The van der Waals surface area contributed by atoms with E-state index in [-0.39, 0.29) is 36.7 Å². The Morgan fingerprint density at radius 2 is 2.29 bits per heavy atom. The lowest BCUT2D eigenvalue weighted by molar-refractivity contribution is -0.126. The molecule has 5 nitrogen and oxygen atoms in total. The van der Waals surface area contributed by atoms with E-state index in [0.29, 0.717) is 18.0 Å². The van der Waals surface area contributed by atoms with Gasteiger partial charge in [0.1, 0.15) is 6.04 Å². The van der Waals surface area contributed by atoms with Crippen LogP contribution in [0.25, 0.3) is 0 Å².